The molecule has 1 aromatic heterocycles. The minimum Gasteiger partial charge on any atom is -0.481 e. The molecule has 0 aliphatic carbocycles. The molecule has 5 N–H and O–H groups in total. The van der Waals surface area contributed by atoms with E-state index in [-0.39, 0.29) is 56.2 Å². The molecular weight excluding hydrogens is 833 g/mol. The molecule has 2 aromatic rings. The second kappa shape index (κ2) is 29.2. The molecule has 1 aromatic carbocycles. The van der Waals surface area contributed by atoms with Gasteiger partial charge in [0.25, 0.3) is 0 Å². The van der Waals surface area contributed by atoms with Crippen LogP contribution in [-0.2, 0) is 63.7 Å². The number of hydrogen-bond acceptors (Lipinski definition) is 18. The van der Waals surface area contributed by atoms with Crippen LogP contribution in [-0.4, -0.2) is 167 Å². The summed E-state index contributed by atoms with van der Waals surface area (Å²) in [7, 11) is 0. The van der Waals surface area contributed by atoms with Crippen molar-refractivity contribution in [3.63, 3.8) is 0 Å². The number of nitrogens with two attached hydrogens (primary N) is 1. The van der Waals surface area contributed by atoms with Gasteiger partial charge in [-0.05, 0) is 25.3 Å². The zero-order chi connectivity index (χ0) is 45.1. The number of carbonyl (C=O) groups excluding carboxylic acids is 7. The Hall–Kier alpha value is -5.13. The Morgan fingerprint density at radius 3 is 2.00 bits per heavy atom. The second-order valence-electron chi connectivity index (χ2n) is 14.0. The molecule has 22 heteroatoms. The van der Waals surface area contributed by atoms with E-state index in [0.717, 1.165) is 27.8 Å². The summed E-state index contributed by atoms with van der Waals surface area (Å²) >= 11 is 0.955. The van der Waals surface area contributed by atoms with Gasteiger partial charge in [-0.15, -0.1) is 32.2 Å². The number of imide groups is 1. The molecule has 62 heavy (non-hydrogen) atoms. The summed E-state index contributed by atoms with van der Waals surface area (Å²) in [5.74, 6) is -4.37. The second-order valence-corrected chi connectivity index (χ2v) is 15.3. The van der Waals surface area contributed by atoms with Crippen molar-refractivity contribution in [3.05, 3.63) is 35.7 Å². The number of benzene rings is 1. The fourth-order valence-electron chi connectivity index (χ4n) is 5.63. The normalized spacial score (nSPS) is 14.2. The molecule has 0 radical (unpaired) electrons. The Kier molecular flexibility index (Phi) is 24.1. The number of ketones is 3. The molecule has 1 aliphatic heterocycles. The molecule has 340 valence electrons. The standard InChI is InChI=1S/C40H56N8O13S/c1-27-44-46-38(47-45-27)29-7-4-28(5-8-29)6-9-32(50)11-14-59-16-18-61-20-19-60-17-15-58-13-2-3-31(49)10-12-48-37(54)22-34(39(48)55)62-26-30(40(56)57)21-33(51)24-42-36(53)25-43-35(52)23-41/h4-5,7-8,30,34H,2-3,6,9-26,41H2,1H3,(H,42,53)(H,43,52)(H,56,57). The van der Waals surface area contributed by atoms with E-state index in [2.05, 4.69) is 31.0 Å². The summed E-state index contributed by atoms with van der Waals surface area (Å²) in [6.45, 7) is 3.28. The predicted octanol–water partition coefficient (Wildman–Crippen LogP) is -0.349. The van der Waals surface area contributed by atoms with E-state index in [4.69, 9.17) is 24.7 Å². The number of nitrogens with zero attached hydrogens (tertiary/aromatic N) is 5. The first-order valence-corrected chi connectivity index (χ1v) is 21.3. The average Bonchev–Trinajstić information content (AvgIpc) is 3.53. The third-order valence-corrected chi connectivity index (χ3v) is 10.5. The number of thioether (sulfide) groups is 1. The van der Waals surface area contributed by atoms with E-state index in [9.17, 15) is 43.5 Å². The maximum atomic E-state index is 12.9. The fourth-order valence-corrected chi connectivity index (χ4v) is 6.89. The Bertz CT molecular complexity index is 1790. The highest BCUT2D eigenvalue weighted by Crippen LogP contribution is 2.28. The van der Waals surface area contributed by atoms with Gasteiger partial charge in [0.2, 0.25) is 29.5 Å². The van der Waals surface area contributed by atoms with Crippen molar-refractivity contribution >= 4 is 58.7 Å². The summed E-state index contributed by atoms with van der Waals surface area (Å²) < 4.78 is 22.0. The van der Waals surface area contributed by atoms with Gasteiger partial charge in [-0.3, -0.25) is 43.3 Å². The van der Waals surface area contributed by atoms with Gasteiger partial charge in [-0.2, -0.15) is 0 Å². The number of Topliss-reactive ketones (excluding diaryl/α,β-unsaturated/α-hetero) is 3. The number of likely N-dealkylation sites (tertiary alicyclic amines) is 1. The highest BCUT2D eigenvalue weighted by atomic mass is 32.2. The molecule has 3 rings (SSSR count). The zero-order valence-corrected chi connectivity index (χ0v) is 35.7. The van der Waals surface area contributed by atoms with Gasteiger partial charge >= 0.3 is 5.97 Å². The number of ether oxygens (including phenoxy) is 4. The molecule has 1 saturated heterocycles. The topological polar surface area (TPSA) is 299 Å². The van der Waals surface area contributed by atoms with Crippen LogP contribution in [0.2, 0.25) is 0 Å². The van der Waals surface area contributed by atoms with Crippen molar-refractivity contribution in [2.45, 2.75) is 63.5 Å². The van der Waals surface area contributed by atoms with Gasteiger partial charge in [0.15, 0.2) is 11.6 Å². The van der Waals surface area contributed by atoms with E-state index in [0.29, 0.717) is 90.2 Å². The first kappa shape index (κ1) is 51.2. The maximum absolute atomic E-state index is 12.9. The van der Waals surface area contributed by atoms with E-state index >= 15 is 0 Å². The number of carbonyl (C=O) groups is 8. The lowest BCUT2D eigenvalue weighted by molar-refractivity contribution is -0.143. The molecule has 1 aliphatic rings. The first-order chi connectivity index (χ1) is 29.9. The summed E-state index contributed by atoms with van der Waals surface area (Å²) in [4.78, 5) is 98.0. The van der Waals surface area contributed by atoms with Gasteiger partial charge in [0, 0.05) is 63.0 Å². The minimum atomic E-state index is -1.27. The SMILES string of the molecule is Cc1nnc(-c2ccc(CCC(=O)CCOCCOCCOCCOCCCC(=O)CCN3C(=O)CC(SCC(CC(=O)CNC(=O)CNC(=O)CN)C(=O)O)C3=O)cc2)nn1. The van der Waals surface area contributed by atoms with Crippen LogP contribution in [0.3, 0.4) is 0 Å². The number of aryl methyl sites for hydroxylation is 2. The molecule has 2 unspecified atom stereocenters. The number of carboxylic acid groups (broad SMARTS) is 1. The Balaban J connectivity index is 1.12. The van der Waals surface area contributed by atoms with Crippen LogP contribution in [0, 0.1) is 12.8 Å². The lowest BCUT2D eigenvalue weighted by Crippen LogP contribution is -2.41. The van der Waals surface area contributed by atoms with Crippen molar-refractivity contribution in [3.8, 4) is 11.4 Å². The number of carboxylic acids is 1. The largest absolute Gasteiger partial charge is 0.481 e. The highest BCUT2D eigenvalue weighted by molar-refractivity contribution is 8.00. The van der Waals surface area contributed by atoms with Crippen LogP contribution in [0.1, 0.15) is 56.3 Å². The average molecular weight is 889 g/mol. The lowest BCUT2D eigenvalue weighted by atomic mass is 10.0. The third-order valence-electron chi connectivity index (χ3n) is 9.12. The first-order valence-electron chi connectivity index (χ1n) is 20.3. The van der Waals surface area contributed by atoms with Crippen LogP contribution in [0.25, 0.3) is 11.4 Å². The summed E-state index contributed by atoms with van der Waals surface area (Å²) in [6.07, 6.45) is 1.45. The van der Waals surface area contributed by atoms with Crippen molar-refractivity contribution in [2.24, 2.45) is 11.7 Å². The number of rotatable bonds is 34. The van der Waals surface area contributed by atoms with Crippen LogP contribution >= 0.6 is 11.8 Å². The quantitative estimate of drug-likeness (QED) is 0.0516. The molecule has 1 fully saturated rings. The monoisotopic (exact) mass is 888 g/mol. The fraction of sp³-hybridized carbons (Fsp3) is 0.600. The van der Waals surface area contributed by atoms with E-state index < -0.39 is 59.5 Å². The summed E-state index contributed by atoms with van der Waals surface area (Å²) in [5.41, 5.74) is 6.97. The summed E-state index contributed by atoms with van der Waals surface area (Å²) in [6, 6.07) is 7.64. The Morgan fingerprint density at radius 1 is 0.774 bits per heavy atom. The Labute approximate surface area is 363 Å². The number of hydrogen-bond donors (Lipinski definition) is 4. The molecule has 21 nitrogen and oxygen atoms in total. The van der Waals surface area contributed by atoms with Crippen molar-refractivity contribution in [2.75, 3.05) is 84.8 Å². The van der Waals surface area contributed by atoms with E-state index in [1.165, 1.54) is 0 Å². The van der Waals surface area contributed by atoms with Gasteiger partial charge < -0.3 is 40.4 Å². The van der Waals surface area contributed by atoms with Crippen molar-refractivity contribution in [1.29, 1.82) is 0 Å². The van der Waals surface area contributed by atoms with E-state index in [1.54, 1.807) is 6.92 Å². The molecule has 2 atom stereocenters. The molecule has 0 bridgehead atoms. The van der Waals surface area contributed by atoms with Crippen LogP contribution in [0.5, 0.6) is 0 Å². The number of nitrogens with one attached hydrogen (secondary N) is 2. The predicted molar refractivity (Wildman–Crippen MR) is 221 cm³/mol. The van der Waals surface area contributed by atoms with Gasteiger partial charge in [0.1, 0.15) is 11.6 Å². The highest BCUT2D eigenvalue weighted by Gasteiger charge is 2.39. The van der Waals surface area contributed by atoms with Gasteiger partial charge in [-0.1, -0.05) is 24.3 Å². The molecule has 2 heterocycles. The van der Waals surface area contributed by atoms with Gasteiger partial charge in [-0.25, -0.2) is 0 Å². The van der Waals surface area contributed by atoms with Crippen LogP contribution in [0.15, 0.2) is 24.3 Å². The van der Waals surface area contributed by atoms with Crippen LogP contribution in [0.4, 0.5) is 0 Å². The lowest BCUT2D eigenvalue weighted by Gasteiger charge is -2.16. The molecule has 4 amide bonds. The number of aromatic nitrogens is 4. The number of amides is 4. The molecule has 0 saturated carbocycles. The summed E-state index contributed by atoms with van der Waals surface area (Å²) in [5, 5.41) is 29.2. The van der Waals surface area contributed by atoms with Crippen molar-refractivity contribution in [1.82, 2.24) is 35.9 Å². The Morgan fingerprint density at radius 2 is 1.37 bits per heavy atom. The number of aliphatic carboxylic acids is 1. The third kappa shape index (κ3) is 20.6. The minimum absolute atomic E-state index is 0.0192. The maximum Gasteiger partial charge on any atom is 0.307 e. The van der Waals surface area contributed by atoms with Gasteiger partial charge in [0.05, 0.1) is 77.1 Å². The zero-order valence-electron chi connectivity index (χ0n) is 34.9. The van der Waals surface area contributed by atoms with E-state index in [1.807, 2.05) is 24.3 Å². The van der Waals surface area contributed by atoms with Crippen molar-refractivity contribution < 1.29 is 62.4 Å². The smallest absolute Gasteiger partial charge is 0.307 e. The molecular formula is C40H56N8O13S. The molecule has 0 spiro atoms. The van der Waals surface area contributed by atoms with Crippen LogP contribution < -0.4 is 16.4 Å².